The molecule has 2 aromatic rings. The molecule has 2 heterocycles. The Bertz CT molecular complexity index is 513. The maximum absolute atomic E-state index is 9.01. The third-order valence-electron chi connectivity index (χ3n) is 2.15. The lowest BCUT2D eigenvalue weighted by atomic mass is 10.3. The molecule has 11 heteroatoms. The monoisotopic (exact) mass is 267 g/mol. The molecule has 0 saturated heterocycles. The molecule has 2 aromatic heterocycles. The first-order chi connectivity index (χ1) is 9.26. The van der Waals surface area contributed by atoms with Crippen molar-refractivity contribution in [3.8, 4) is 5.95 Å². The molecule has 11 nitrogen and oxygen atoms in total. The number of nitrogen functional groups attached to an aromatic ring is 1. The first kappa shape index (κ1) is 13.1. The van der Waals surface area contributed by atoms with Gasteiger partial charge in [0, 0.05) is 0 Å². The summed E-state index contributed by atoms with van der Waals surface area (Å²) in [6.45, 7) is -0.543. The molecule has 0 unspecified atom stereocenters. The maximum atomic E-state index is 9.01. The lowest BCUT2D eigenvalue weighted by Gasteiger charge is -2.14. The quantitative estimate of drug-likeness (QED) is 0.279. The number of aliphatic hydroxyl groups is 2. The summed E-state index contributed by atoms with van der Waals surface area (Å²) in [6.07, 6.45) is 2.74. The number of aromatic nitrogens is 6. The molecule has 0 aliphatic heterocycles. The van der Waals surface area contributed by atoms with Crippen LogP contribution in [0.1, 0.15) is 0 Å². The molecule has 0 fully saturated rings. The van der Waals surface area contributed by atoms with Crippen LogP contribution in [0.5, 0.6) is 0 Å². The van der Waals surface area contributed by atoms with Crippen molar-refractivity contribution >= 4 is 11.9 Å². The second-order valence-electron chi connectivity index (χ2n) is 3.47. The zero-order valence-corrected chi connectivity index (χ0v) is 9.80. The third-order valence-corrected chi connectivity index (χ3v) is 2.15. The molecule has 0 bridgehead atoms. The Labute approximate surface area is 107 Å². The number of rotatable bonds is 6. The van der Waals surface area contributed by atoms with Crippen LogP contribution in [-0.4, -0.2) is 59.2 Å². The number of nitrogens with two attached hydrogens (primary N) is 1. The summed E-state index contributed by atoms with van der Waals surface area (Å²) in [7, 11) is 0. The van der Waals surface area contributed by atoms with Crippen molar-refractivity contribution in [2.45, 2.75) is 6.04 Å². The Morgan fingerprint density at radius 1 is 1.21 bits per heavy atom. The normalized spacial score (nSPS) is 10.7. The van der Waals surface area contributed by atoms with Crippen LogP contribution in [-0.2, 0) is 0 Å². The van der Waals surface area contributed by atoms with Gasteiger partial charge in [0.2, 0.25) is 11.9 Å². The molecule has 0 amide bonds. The van der Waals surface area contributed by atoms with Gasteiger partial charge in [0.05, 0.1) is 19.3 Å². The predicted molar refractivity (Wildman–Crippen MR) is 64.1 cm³/mol. The first-order valence-electron chi connectivity index (χ1n) is 5.32. The summed E-state index contributed by atoms with van der Waals surface area (Å²) in [4.78, 5) is 15.8. The average Bonchev–Trinajstić information content (AvgIpc) is 2.98. The highest BCUT2D eigenvalue weighted by atomic mass is 16.3. The molecule has 2 rings (SSSR count). The minimum Gasteiger partial charge on any atom is -0.394 e. The van der Waals surface area contributed by atoms with E-state index in [9.17, 15) is 0 Å². The van der Waals surface area contributed by atoms with E-state index in [-0.39, 0.29) is 31.1 Å². The highest BCUT2D eigenvalue weighted by Gasteiger charge is 2.12. The fourth-order valence-electron chi connectivity index (χ4n) is 1.24. The summed E-state index contributed by atoms with van der Waals surface area (Å²) in [5, 5.41) is 24.6. The van der Waals surface area contributed by atoms with Crippen molar-refractivity contribution in [3.63, 3.8) is 0 Å². The zero-order valence-electron chi connectivity index (χ0n) is 9.80. The van der Waals surface area contributed by atoms with Gasteiger partial charge in [-0.15, -0.1) is 0 Å². The van der Waals surface area contributed by atoms with E-state index in [2.05, 4.69) is 35.8 Å². The molecule has 0 atom stereocenters. The summed E-state index contributed by atoms with van der Waals surface area (Å²) < 4.78 is 1.32. The number of hydrogen-bond acceptors (Lipinski definition) is 10. The number of nitrogens with one attached hydrogen (secondary N) is 2. The molecule has 0 aliphatic carbocycles. The van der Waals surface area contributed by atoms with Crippen molar-refractivity contribution < 1.29 is 10.2 Å². The van der Waals surface area contributed by atoms with Gasteiger partial charge in [-0.25, -0.2) is 10.8 Å². The van der Waals surface area contributed by atoms with E-state index < -0.39 is 6.04 Å². The Morgan fingerprint density at radius 3 is 2.53 bits per heavy atom. The molecule has 0 radical (unpaired) electrons. The highest BCUT2D eigenvalue weighted by Crippen LogP contribution is 2.08. The van der Waals surface area contributed by atoms with Gasteiger partial charge in [0.25, 0.3) is 5.95 Å². The zero-order chi connectivity index (χ0) is 13.7. The van der Waals surface area contributed by atoms with Crippen molar-refractivity contribution in [2.24, 2.45) is 5.84 Å². The van der Waals surface area contributed by atoms with E-state index in [4.69, 9.17) is 16.1 Å². The van der Waals surface area contributed by atoms with Crippen LogP contribution < -0.4 is 16.6 Å². The SMILES string of the molecule is NNc1nc(NC(CO)CO)nc(-n2cncn2)n1. The van der Waals surface area contributed by atoms with Crippen molar-refractivity contribution in [1.29, 1.82) is 0 Å². The largest absolute Gasteiger partial charge is 0.394 e. The van der Waals surface area contributed by atoms with Crippen LogP contribution in [0.25, 0.3) is 5.95 Å². The molecule has 19 heavy (non-hydrogen) atoms. The van der Waals surface area contributed by atoms with Gasteiger partial charge in [-0.05, 0) is 0 Å². The molecule has 102 valence electrons. The van der Waals surface area contributed by atoms with Crippen LogP contribution >= 0.6 is 0 Å². The van der Waals surface area contributed by atoms with Gasteiger partial charge in [-0.2, -0.15) is 24.7 Å². The molecular formula is C8H13N9O2. The molecule has 0 aromatic carbocycles. The van der Waals surface area contributed by atoms with Gasteiger partial charge in [0.1, 0.15) is 12.7 Å². The standard InChI is InChI=1S/C8H13N9O2/c9-16-7-13-6(12-5(1-18)2-19)14-8(15-7)17-4-10-3-11-17/h3-5,18-19H,1-2,9H2,(H2,12,13,14,15,16). The minimum atomic E-state index is -0.586. The van der Waals surface area contributed by atoms with Crippen LogP contribution in [0.3, 0.4) is 0 Å². The summed E-state index contributed by atoms with van der Waals surface area (Å²) in [5.74, 6) is 5.70. The number of hydrogen-bond donors (Lipinski definition) is 5. The summed E-state index contributed by atoms with van der Waals surface area (Å²) in [6, 6.07) is -0.586. The summed E-state index contributed by atoms with van der Waals surface area (Å²) in [5.41, 5.74) is 2.29. The third kappa shape index (κ3) is 3.09. The average molecular weight is 267 g/mol. The Kier molecular flexibility index (Phi) is 4.12. The van der Waals surface area contributed by atoms with Gasteiger partial charge >= 0.3 is 0 Å². The molecule has 6 N–H and O–H groups in total. The van der Waals surface area contributed by atoms with Crippen LogP contribution in [0.15, 0.2) is 12.7 Å². The number of nitrogens with zero attached hydrogens (tertiary/aromatic N) is 6. The lowest BCUT2D eigenvalue weighted by Crippen LogP contribution is -2.29. The summed E-state index contributed by atoms with van der Waals surface area (Å²) >= 11 is 0. The van der Waals surface area contributed by atoms with Gasteiger partial charge in [0.15, 0.2) is 0 Å². The van der Waals surface area contributed by atoms with Crippen molar-refractivity contribution in [1.82, 2.24) is 29.7 Å². The molecule has 0 saturated carbocycles. The van der Waals surface area contributed by atoms with Crippen LogP contribution in [0, 0.1) is 0 Å². The van der Waals surface area contributed by atoms with Crippen molar-refractivity contribution in [3.05, 3.63) is 12.7 Å². The molecule has 0 spiro atoms. The van der Waals surface area contributed by atoms with E-state index in [1.807, 2.05) is 0 Å². The number of hydrazine groups is 1. The topological polar surface area (TPSA) is 160 Å². The van der Waals surface area contributed by atoms with Crippen LogP contribution in [0.4, 0.5) is 11.9 Å². The number of aliphatic hydroxyl groups excluding tert-OH is 2. The molecular weight excluding hydrogens is 254 g/mol. The molecule has 0 aliphatic rings. The fourth-order valence-corrected chi connectivity index (χ4v) is 1.24. The van der Waals surface area contributed by atoms with Gasteiger partial charge in [-0.1, -0.05) is 0 Å². The van der Waals surface area contributed by atoms with E-state index in [1.54, 1.807) is 0 Å². The van der Waals surface area contributed by atoms with Crippen molar-refractivity contribution in [2.75, 3.05) is 24.0 Å². The van der Waals surface area contributed by atoms with E-state index in [1.165, 1.54) is 17.3 Å². The Hall–Kier alpha value is -2.37. The maximum Gasteiger partial charge on any atom is 0.258 e. The fraction of sp³-hybridized carbons (Fsp3) is 0.375. The number of anilines is 2. The first-order valence-corrected chi connectivity index (χ1v) is 5.32. The lowest BCUT2D eigenvalue weighted by molar-refractivity contribution is 0.203. The minimum absolute atomic E-state index is 0.109. The predicted octanol–water partition coefficient (Wildman–Crippen LogP) is -2.50. The second kappa shape index (κ2) is 5.99. The second-order valence-corrected chi connectivity index (χ2v) is 3.47. The van der Waals surface area contributed by atoms with E-state index in [0.717, 1.165) is 0 Å². The Morgan fingerprint density at radius 2 is 1.95 bits per heavy atom. The Balaban J connectivity index is 2.31. The smallest absolute Gasteiger partial charge is 0.258 e. The highest BCUT2D eigenvalue weighted by molar-refractivity contribution is 5.37. The van der Waals surface area contributed by atoms with Gasteiger partial charge in [-0.3, -0.25) is 5.43 Å². The van der Waals surface area contributed by atoms with E-state index >= 15 is 0 Å². The van der Waals surface area contributed by atoms with Gasteiger partial charge < -0.3 is 15.5 Å². The van der Waals surface area contributed by atoms with Crippen LogP contribution in [0.2, 0.25) is 0 Å². The van der Waals surface area contributed by atoms with E-state index in [0.29, 0.717) is 0 Å².